The van der Waals surface area contributed by atoms with E-state index in [0.29, 0.717) is 72.1 Å². The van der Waals surface area contributed by atoms with Crippen molar-refractivity contribution >= 4 is 75.9 Å². The Bertz CT molecular complexity index is 5100. The smallest absolute Gasteiger partial charge is 0.450 e. The maximum atomic E-state index is 13.7. The summed E-state index contributed by atoms with van der Waals surface area (Å²) in [6, 6.07) is 61.1. The minimum atomic E-state index is -7.43. The minimum Gasteiger partial charge on any atom is -0.743 e. The summed E-state index contributed by atoms with van der Waals surface area (Å²) in [6.45, 7) is 27.6. The molecule has 1 aliphatic rings. The third-order valence-corrected chi connectivity index (χ3v) is 27.4. The number of aromatic hydroxyl groups is 2. The predicted octanol–water partition coefficient (Wildman–Crippen LogP) is 22.5. The summed E-state index contributed by atoms with van der Waals surface area (Å²) in [7, 11) is -28.8. The molecule has 8 aromatic carbocycles. The third kappa shape index (κ3) is 31.9. The van der Waals surface area contributed by atoms with Gasteiger partial charge in [0.25, 0.3) is 0 Å². The van der Waals surface area contributed by atoms with E-state index in [1.165, 1.54) is 90.2 Å². The number of ketones is 1. The number of phenolic OH excluding ortho intramolecular Hbond substituents is 2. The van der Waals surface area contributed by atoms with Crippen LogP contribution in [0.5, 0.6) is 28.7 Å². The molecule has 38 heteroatoms. The first-order valence-corrected chi connectivity index (χ1v) is 47.3. The zero-order valence-corrected chi connectivity index (χ0v) is 77.3. The van der Waals surface area contributed by atoms with E-state index in [9.17, 15) is 110 Å². The Morgan fingerprint density at radius 1 is 0.442 bits per heavy atom. The lowest BCUT2D eigenvalue weighted by Crippen LogP contribution is -2.61. The molecule has 1 saturated carbocycles. The molecular formula is C91H109F12O21S5-. The SMILES string of the molecule is C=O.CCC(C)(C)C(=O)Cc1ccc(OS(=O)(=O)C(F)(F)C(F)(F)C(F)(F)S(=O)(=O)[O-])cc1.CCC(C)(C)C(=O)OC(=O)c1ccc(OS(=O)(=O)C(F)(F)C(F)(F)C(F)(F)S(=O)(=O)[O-])cc1.CCC(C)c1ccc(O)cc1.CCC(C)c1ccc(O)cc1.CCC(C)c1ccc(OC(C)OCCC2CCCCC2)cc1.c1ccc([S+](c2ccccc2)c2ccccc2)cc1. The summed E-state index contributed by atoms with van der Waals surface area (Å²) in [5.41, 5.74) is 2.05. The van der Waals surface area contributed by atoms with E-state index in [1.54, 1.807) is 52.0 Å². The van der Waals surface area contributed by atoms with Gasteiger partial charge in [0.05, 0.1) is 28.5 Å². The van der Waals surface area contributed by atoms with Crippen LogP contribution >= 0.6 is 0 Å². The molecule has 0 spiro atoms. The number of rotatable bonds is 34. The van der Waals surface area contributed by atoms with E-state index in [4.69, 9.17) is 24.5 Å². The van der Waals surface area contributed by atoms with E-state index in [0.717, 1.165) is 43.2 Å². The van der Waals surface area contributed by atoms with Crippen molar-refractivity contribution in [3.8, 4) is 28.7 Å². The molecule has 8 aromatic rings. The summed E-state index contributed by atoms with van der Waals surface area (Å²) in [5.74, 6) is -14.8. The van der Waals surface area contributed by atoms with Crippen LogP contribution in [0.2, 0.25) is 0 Å². The fraction of sp³-hybridized carbons (Fsp3) is 0.429. The summed E-state index contributed by atoms with van der Waals surface area (Å²) in [5, 5.41) is -9.66. The molecule has 21 nitrogen and oxygen atoms in total. The monoisotopic (exact) mass is 1930 g/mol. The van der Waals surface area contributed by atoms with Crippen LogP contribution < -0.4 is 13.1 Å². The van der Waals surface area contributed by atoms with E-state index >= 15 is 0 Å². The molecule has 4 unspecified atom stereocenters. The molecule has 0 heterocycles. The lowest BCUT2D eigenvalue weighted by Gasteiger charge is -2.32. The van der Waals surface area contributed by atoms with Gasteiger partial charge in [-0.2, -0.15) is 69.5 Å². The number of hydrogen-bond donors (Lipinski definition) is 2. The number of esters is 2. The van der Waals surface area contributed by atoms with Crippen LogP contribution in [0.15, 0.2) is 227 Å². The van der Waals surface area contributed by atoms with E-state index in [-0.39, 0.29) is 41.4 Å². The second-order valence-corrected chi connectivity index (χ2v) is 38.9. The molecule has 4 atom stereocenters. The number of benzene rings is 8. The van der Waals surface area contributed by atoms with Crippen molar-refractivity contribution in [1.29, 1.82) is 0 Å². The van der Waals surface area contributed by atoms with Gasteiger partial charge in [0, 0.05) is 11.8 Å². The fourth-order valence-electron chi connectivity index (χ4n) is 11.0. The van der Waals surface area contributed by atoms with Gasteiger partial charge in [-0.3, -0.25) is 9.59 Å². The van der Waals surface area contributed by atoms with Gasteiger partial charge < -0.3 is 46.7 Å². The molecule has 0 radical (unpaired) electrons. The Morgan fingerprint density at radius 2 is 0.760 bits per heavy atom. The molecule has 0 aromatic heterocycles. The van der Waals surface area contributed by atoms with Crippen molar-refractivity contribution in [1.82, 2.24) is 0 Å². The Kier molecular flexibility index (Phi) is 43.7. The molecule has 0 amide bonds. The van der Waals surface area contributed by atoms with Crippen LogP contribution in [0, 0.1) is 16.7 Å². The largest absolute Gasteiger partial charge is 0.743 e. The van der Waals surface area contributed by atoms with Crippen molar-refractivity contribution in [2.45, 2.75) is 239 Å². The standard InChI is InChI=1S/C20H32O2.C18H15S.C16H16F6O9S2.C16H18F6O7S2.2C10H14O.CH2O/c1-4-16(2)19-10-12-20(13-11-19)22-17(3)21-15-14-18-8-6-5-7-9-18;1-4-10-16(11-5-1)19(17-12-6-2-7-13-17)18-14-8-3-9-15-18;1-4-13(2,3)12(24)30-11(23)9-5-7-10(8-6-9)31-33(28,29)16(21,22)14(17,18)15(19,20)32(25,26)27;1-4-13(2,3)12(23)9-10-5-7-11(8-6-10)29-31(27,28)16(21,22)14(17,18)15(19,20)30(24,25)26;2*1-3-8(2)9-4-6-10(11)7-5-9;1-2/h10-13,16-18H,4-9,14-15H2,1-3H3;1-15H;5-8H,4H2,1-3H3,(H,25,26,27);5-8H,4,9H2,1-3H3,(H,24,25,26);2*4-8,11H,3H2,1-2H3;1H2/q;+1;;;;;/p-2. The predicted molar refractivity (Wildman–Crippen MR) is 463 cm³/mol. The average molecular weight is 1930 g/mol. The molecule has 0 aliphatic heterocycles. The van der Waals surface area contributed by atoms with E-state index < -0.39 is 113 Å². The Balaban J connectivity index is 0.000000413. The molecule has 0 bridgehead atoms. The highest BCUT2D eigenvalue weighted by Gasteiger charge is 2.82. The van der Waals surface area contributed by atoms with Gasteiger partial charge in [0.15, 0.2) is 41.2 Å². The van der Waals surface area contributed by atoms with Crippen LogP contribution in [-0.2, 0) is 81.6 Å². The maximum absolute atomic E-state index is 13.7. The molecule has 2 N–H and O–H groups in total. The summed E-state index contributed by atoms with van der Waals surface area (Å²) in [4.78, 5) is 48.0. The van der Waals surface area contributed by atoms with Crippen LogP contribution in [0.4, 0.5) is 52.7 Å². The number of halogens is 12. The van der Waals surface area contributed by atoms with Crippen LogP contribution in [-0.4, -0.2) is 123 Å². The van der Waals surface area contributed by atoms with Crippen LogP contribution in [0.3, 0.4) is 0 Å². The first-order chi connectivity index (χ1) is 59.8. The minimum absolute atomic E-state index is 0.0146. The van der Waals surface area contributed by atoms with Crippen molar-refractivity contribution in [2.75, 3.05) is 6.61 Å². The topological polar surface area (TPSA) is 338 Å². The molecule has 714 valence electrons. The molecule has 9 rings (SSSR count). The zero-order chi connectivity index (χ0) is 98.2. The number of alkyl halides is 12. The van der Waals surface area contributed by atoms with Crippen molar-refractivity contribution in [2.24, 2.45) is 16.7 Å². The normalized spacial score (nSPS) is 14.0. The number of ether oxygens (including phenoxy) is 3. The third-order valence-electron chi connectivity index (χ3n) is 20.8. The average Bonchev–Trinajstić information content (AvgIpc) is 0.726. The van der Waals surface area contributed by atoms with Gasteiger partial charge in [0.2, 0.25) is 0 Å². The van der Waals surface area contributed by atoms with Gasteiger partial charge in [-0.05, 0) is 214 Å². The van der Waals surface area contributed by atoms with Gasteiger partial charge in [-0.15, -0.1) is 0 Å². The van der Waals surface area contributed by atoms with Crippen LogP contribution in [0.1, 0.15) is 211 Å². The van der Waals surface area contributed by atoms with Crippen molar-refractivity contribution in [3.63, 3.8) is 0 Å². The highest BCUT2D eigenvalue weighted by molar-refractivity contribution is 7.97. The van der Waals surface area contributed by atoms with Gasteiger partial charge >= 0.3 is 65.0 Å². The highest BCUT2D eigenvalue weighted by Crippen LogP contribution is 2.53. The van der Waals surface area contributed by atoms with Crippen molar-refractivity contribution < 1.29 is 147 Å². The maximum Gasteiger partial charge on any atom is 0.450 e. The molecular weight excluding hydrogens is 1820 g/mol. The molecule has 1 fully saturated rings. The highest BCUT2D eigenvalue weighted by atomic mass is 32.2. The fourth-order valence-corrected chi connectivity index (χ4v) is 16.0. The number of hydrogen-bond acceptors (Lipinski definition) is 21. The quantitative estimate of drug-likeness (QED) is 0.00719. The lowest BCUT2D eigenvalue weighted by atomic mass is 9.82. The Morgan fingerprint density at radius 3 is 1.08 bits per heavy atom. The first-order valence-electron chi connectivity index (χ1n) is 40.5. The van der Waals surface area contributed by atoms with Gasteiger partial charge in [-0.25, -0.2) is 21.6 Å². The van der Waals surface area contributed by atoms with E-state index in [2.05, 4.69) is 170 Å². The van der Waals surface area contributed by atoms with Crippen molar-refractivity contribution in [3.05, 3.63) is 240 Å². The Hall–Kier alpha value is -9.57. The molecule has 1 aliphatic carbocycles. The molecule has 129 heavy (non-hydrogen) atoms. The second-order valence-electron chi connectivity index (χ2n) is 30.9. The number of phenols is 2. The summed E-state index contributed by atoms with van der Waals surface area (Å²) >= 11 is 0. The number of Topliss-reactive ketones (excluding diaryl/α,β-unsaturated/α-hetero) is 1. The second kappa shape index (κ2) is 49.6. The first kappa shape index (κ1) is 114. The van der Waals surface area contributed by atoms with Gasteiger partial charge in [0.1, 0.15) is 41.3 Å². The van der Waals surface area contributed by atoms with Gasteiger partial charge in [-0.1, -0.05) is 204 Å². The molecule has 0 saturated heterocycles. The zero-order valence-electron chi connectivity index (χ0n) is 73.2. The Labute approximate surface area is 749 Å². The number of carbonyl (C=O) groups excluding carboxylic acids is 4. The summed E-state index contributed by atoms with van der Waals surface area (Å²) < 4.78 is 292. The van der Waals surface area contributed by atoms with Crippen LogP contribution in [0.25, 0.3) is 0 Å². The summed E-state index contributed by atoms with van der Waals surface area (Å²) in [6.07, 6.45) is 12.1. The lowest BCUT2D eigenvalue weighted by molar-refractivity contribution is -0.247. The number of carbonyl (C=O) groups is 4. The van der Waals surface area contributed by atoms with E-state index in [1.807, 2.05) is 38.0 Å².